The molecule has 1 aliphatic rings. The van der Waals surface area contributed by atoms with E-state index in [1.807, 2.05) is 61.5 Å². The number of H-pyrrole nitrogens is 1. The second-order valence-electron chi connectivity index (χ2n) is 10.2. The third kappa shape index (κ3) is 6.43. The topological polar surface area (TPSA) is 99.3 Å². The number of nitrogens with zero attached hydrogens (tertiary/aromatic N) is 5. The van der Waals surface area contributed by atoms with Crippen LogP contribution in [0.3, 0.4) is 0 Å². The quantitative estimate of drug-likeness (QED) is 0.241. The summed E-state index contributed by atoms with van der Waals surface area (Å²) in [7, 11) is 5.63. The van der Waals surface area contributed by atoms with E-state index >= 15 is 0 Å². The van der Waals surface area contributed by atoms with E-state index in [4.69, 9.17) is 21.3 Å². The fraction of sp³-hybridized carbons (Fsp3) is 0.333. The lowest BCUT2D eigenvalue weighted by molar-refractivity contribution is -0.114. The molecular weight excluding hydrogens is 526 g/mol. The molecule has 5 rings (SSSR count). The van der Waals surface area contributed by atoms with Crippen LogP contribution in [0.25, 0.3) is 22.3 Å². The maximum absolute atomic E-state index is 12.5. The van der Waals surface area contributed by atoms with Crippen LogP contribution in [0.15, 0.2) is 54.6 Å². The van der Waals surface area contributed by atoms with Crippen LogP contribution < -0.4 is 15.0 Å². The molecule has 0 saturated carbocycles. The molecule has 1 aliphatic heterocycles. The Bertz CT molecular complexity index is 1530. The van der Waals surface area contributed by atoms with Crippen molar-refractivity contribution in [1.82, 2.24) is 25.1 Å². The lowest BCUT2D eigenvalue weighted by Gasteiger charge is -2.30. The van der Waals surface area contributed by atoms with Gasteiger partial charge in [-0.2, -0.15) is 10.1 Å². The number of hydrogen-bond donors (Lipinski definition) is 2. The normalized spacial score (nSPS) is 13.9. The largest absolute Gasteiger partial charge is 0.495 e. The monoisotopic (exact) mass is 559 g/mol. The number of ether oxygens (including phenoxy) is 1. The number of hydrogen-bond acceptors (Lipinski definition) is 8. The second-order valence-corrected chi connectivity index (χ2v) is 10.6. The van der Waals surface area contributed by atoms with Gasteiger partial charge in [0.2, 0.25) is 5.95 Å². The first-order chi connectivity index (χ1) is 19.4. The number of halogens is 1. The van der Waals surface area contributed by atoms with Gasteiger partial charge in [0, 0.05) is 37.3 Å². The van der Waals surface area contributed by atoms with E-state index in [0.717, 1.165) is 41.3 Å². The molecule has 3 heterocycles. The van der Waals surface area contributed by atoms with E-state index in [9.17, 15) is 4.79 Å². The van der Waals surface area contributed by atoms with Crippen molar-refractivity contribution in [1.29, 1.82) is 0 Å². The summed E-state index contributed by atoms with van der Waals surface area (Å²) in [5, 5.41) is 11.5. The number of ketones is 1. The zero-order valence-electron chi connectivity index (χ0n) is 23.1. The molecule has 208 valence electrons. The zero-order valence-corrected chi connectivity index (χ0v) is 23.8. The first kappa shape index (κ1) is 27.6. The van der Waals surface area contributed by atoms with Crippen LogP contribution in [0.1, 0.15) is 24.8 Å². The number of nitrogens with one attached hydrogen (secondary N) is 2. The molecule has 0 aliphatic carbocycles. The number of rotatable bonds is 10. The second kappa shape index (κ2) is 12.5. The van der Waals surface area contributed by atoms with Gasteiger partial charge in [-0.1, -0.05) is 35.9 Å². The Hall–Kier alpha value is -3.95. The summed E-state index contributed by atoms with van der Waals surface area (Å²) in [5.74, 6) is 1.28. The van der Waals surface area contributed by atoms with E-state index in [1.54, 1.807) is 13.2 Å². The van der Waals surface area contributed by atoms with E-state index in [2.05, 4.69) is 31.5 Å². The van der Waals surface area contributed by atoms with Gasteiger partial charge in [0.25, 0.3) is 0 Å². The summed E-state index contributed by atoms with van der Waals surface area (Å²) in [6.45, 7) is 2.72. The highest BCUT2D eigenvalue weighted by Gasteiger charge is 2.19. The first-order valence-corrected chi connectivity index (χ1v) is 13.8. The third-order valence-electron chi connectivity index (χ3n) is 6.85. The van der Waals surface area contributed by atoms with Crippen molar-refractivity contribution in [3.8, 4) is 17.0 Å². The lowest BCUT2D eigenvalue weighted by atomic mass is 10.0. The third-order valence-corrected chi connectivity index (χ3v) is 7.13. The minimum Gasteiger partial charge on any atom is -0.495 e. The smallest absolute Gasteiger partial charge is 0.229 e. The number of piperidine rings is 1. The van der Waals surface area contributed by atoms with Crippen molar-refractivity contribution >= 4 is 45.7 Å². The fourth-order valence-corrected chi connectivity index (χ4v) is 5.13. The Balaban J connectivity index is 1.45. The van der Waals surface area contributed by atoms with Crippen molar-refractivity contribution in [2.24, 2.45) is 0 Å². The van der Waals surface area contributed by atoms with Gasteiger partial charge in [-0.05, 0) is 69.3 Å². The maximum atomic E-state index is 12.5. The molecule has 0 spiro atoms. The molecule has 0 atom stereocenters. The summed E-state index contributed by atoms with van der Waals surface area (Å²) in [6, 6.07) is 13.8. The molecule has 1 fully saturated rings. The number of anilines is 3. The van der Waals surface area contributed by atoms with Crippen LogP contribution in [0.2, 0.25) is 5.15 Å². The summed E-state index contributed by atoms with van der Waals surface area (Å²) in [6.07, 6.45) is 7.39. The Morgan fingerprint density at radius 2 is 1.98 bits per heavy atom. The van der Waals surface area contributed by atoms with Crippen LogP contribution in [-0.2, 0) is 11.2 Å². The van der Waals surface area contributed by atoms with Gasteiger partial charge in [0.15, 0.2) is 11.4 Å². The van der Waals surface area contributed by atoms with E-state index < -0.39 is 0 Å². The molecule has 2 aromatic carbocycles. The number of methoxy groups -OCH3 is 1. The van der Waals surface area contributed by atoms with Crippen LogP contribution >= 0.6 is 11.6 Å². The molecule has 10 heteroatoms. The van der Waals surface area contributed by atoms with Crippen molar-refractivity contribution in [2.45, 2.75) is 25.7 Å². The van der Waals surface area contributed by atoms with Gasteiger partial charge < -0.3 is 19.9 Å². The van der Waals surface area contributed by atoms with Gasteiger partial charge >= 0.3 is 0 Å². The summed E-state index contributed by atoms with van der Waals surface area (Å²) >= 11 is 6.48. The van der Waals surface area contributed by atoms with Gasteiger partial charge in [-0.25, -0.2) is 4.98 Å². The van der Waals surface area contributed by atoms with Crippen LogP contribution in [0, 0.1) is 0 Å². The highest BCUT2D eigenvalue weighted by atomic mass is 35.5. The number of allylic oxidation sites excluding steroid dienone is 1. The van der Waals surface area contributed by atoms with E-state index in [-0.39, 0.29) is 5.78 Å². The van der Waals surface area contributed by atoms with E-state index in [0.29, 0.717) is 40.8 Å². The van der Waals surface area contributed by atoms with Crippen molar-refractivity contribution in [3.05, 3.63) is 65.3 Å². The SMILES string of the molecule is COc1ccc(Nc2nc(-c3cccc(CC(=O)/C=C/CN(C)C)c3)c3c(Cl)[nH]nc3n2)cc1N1CCCCC1. The molecule has 9 nitrogen and oxygen atoms in total. The number of fused-ring (bicyclic) bond motifs is 1. The Kier molecular flexibility index (Phi) is 8.62. The van der Waals surface area contributed by atoms with Gasteiger partial charge in [0.1, 0.15) is 10.9 Å². The highest BCUT2D eigenvalue weighted by molar-refractivity contribution is 6.35. The molecular formula is C30H34ClN7O2. The summed E-state index contributed by atoms with van der Waals surface area (Å²) in [4.78, 5) is 26.4. The number of benzene rings is 2. The highest BCUT2D eigenvalue weighted by Crippen LogP contribution is 2.35. The maximum Gasteiger partial charge on any atom is 0.229 e. The summed E-state index contributed by atoms with van der Waals surface area (Å²) < 4.78 is 5.65. The van der Waals surface area contributed by atoms with Crippen LogP contribution in [0.5, 0.6) is 5.75 Å². The standard InChI is InChI=1S/C30H34ClN7O2/c1-37(2)14-8-11-23(39)18-20-9-7-10-21(17-20)27-26-28(31)35-36-29(26)34-30(33-27)32-22-12-13-25(40-3)24(19-22)38-15-5-4-6-16-38/h7-13,17,19H,4-6,14-16,18H2,1-3H3,(H2,32,33,34,35,36)/b11-8+. The molecule has 40 heavy (non-hydrogen) atoms. The van der Waals surface area contributed by atoms with Crippen LogP contribution in [-0.4, -0.2) is 71.7 Å². The molecule has 2 aromatic heterocycles. The average molecular weight is 560 g/mol. The first-order valence-electron chi connectivity index (χ1n) is 13.5. The molecule has 0 unspecified atom stereocenters. The van der Waals surface area contributed by atoms with Crippen molar-refractivity contribution in [3.63, 3.8) is 0 Å². The Morgan fingerprint density at radius 3 is 2.75 bits per heavy atom. The molecule has 0 amide bonds. The minimum atomic E-state index is 0.0412. The molecule has 0 bridgehead atoms. The van der Waals surface area contributed by atoms with Crippen molar-refractivity contribution in [2.75, 3.05) is 51.1 Å². The number of likely N-dealkylation sites (N-methyl/N-ethyl adjacent to an activating group) is 1. The fourth-order valence-electron chi connectivity index (χ4n) is 4.92. The zero-order chi connectivity index (χ0) is 28.1. The molecule has 1 saturated heterocycles. The van der Waals surface area contributed by atoms with Gasteiger partial charge in [-0.3, -0.25) is 9.89 Å². The van der Waals surface area contributed by atoms with Gasteiger partial charge in [0.05, 0.1) is 23.9 Å². The lowest BCUT2D eigenvalue weighted by Crippen LogP contribution is -2.29. The molecule has 2 N–H and O–H groups in total. The predicted molar refractivity (Wildman–Crippen MR) is 161 cm³/mol. The number of carbonyl (C=O) groups excluding carboxylic acids is 1. The molecule has 4 aromatic rings. The number of carbonyl (C=O) groups is 1. The van der Waals surface area contributed by atoms with Crippen molar-refractivity contribution < 1.29 is 9.53 Å². The van der Waals surface area contributed by atoms with Crippen LogP contribution in [0.4, 0.5) is 17.3 Å². The minimum absolute atomic E-state index is 0.0412. The predicted octanol–water partition coefficient (Wildman–Crippen LogP) is 5.65. The summed E-state index contributed by atoms with van der Waals surface area (Å²) in [5.41, 5.74) is 4.69. The molecule has 0 radical (unpaired) electrons. The Morgan fingerprint density at radius 1 is 1.15 bits per heavy atom. The average Bonchev–Trinajstić information content (AvgIpc) is 3.33. The Labute approximate surface area is 239 Å². The van der Waals surface area contributed by atoms with E-state index in [1.165, 1.54) is 19.3 Å². The van der Waals surface area contributed by atoms with Gasteiger partial charge in [-0.15, -0.1) is 0 Å². The number of aromatic nitrogens is 4. The number of aromatic amines is 1.